The molecule has 1 nitrogen and oxygen atoms in total. The highest BCUT2D eigenvalue weighted by Gasteiger charge is 2.36. The van der Waals surface area contributed by atoms with Crippen LogP contribution >= 0.6 is 0 Å². The molecule has 0 unspecified atom stereocenters. The van der Waals surface area contributed by atoms with Crippen molar-refractivity contribution in [2.45, 2.75) is 62.4 Å². The van der Waals surface area contributed by atoms with E-state index in [9.17, 15) is 0 Å². The standard InChI is InChI=1S/C12H22OSi/c1-2-13-14(11-7-3-4-8-11)12-9-5-6-10-12/h2,11-12,14H,1,3-10H2. The predicted octanol–water partition coefficient (Wildman–Crippen LogP) is 3.76. The van der Waals surface area contributed by atoms with Crippen LogP contribution in [-0.4, -0.2) is 9.04 Å². The number of hydrogen-bond donors (Lipinski definition) is 0. The van der Waals surface area contributed by atoms with E-state index in [0.29, 0.717) is 0 Å². The maximum Gasteiger partial charge on any atom is 0.240 e. The fourth-order valence-corrected chi connectivity index (χ4v) is 6.98. The Labute approximate surface area is 89.3 Å². The first kappa shape index (κ1) is 10.3. The molecule has 0 atom stereocenters. The number of hydrogen-bond acceptors (Lipinski definition) is 1. The van der Waals surface area contributed by atoms with Crippen LogP contribution in [0.15, 0.2) is 12.8 Å². The molecule has 0 radical (unpaired) electrons. The normalized spacial score (nSPS) is 24.6. The zero-order valence-electron chi connectivity index (χ0n) is 9.08. The van der Waals surface area contributed by atoms with E-state index >= 15 is 0 Å². The second-order valence-corrected chi connectivity index (χ2v) is 7.94. The first-order valence-corrected chi connectivity index (χ1v) is 7.98. The molecule has 2 heteroatoms. The van der Waals surface area contributed by atoms with Crippen molar-refractivity contribution in [2.24, 2.45) is 0 Å². The van der Waals surface area contributed by atoms with Gasteiger partial charge in [-0.15, -0.1) is 0 Å². The Balaban J connectivity index is 1.94. The van der Waals surface area contributed by atoms with Crippen LogP contribution in [0.2, 0.25) is 11.1 Å². The molecule has 2 saturated carbocycles. The minimum absolute atomic E-state index is 0.957. The van der Waals surface area contributed by atoms with Crippen LogP contribution in [0.4, 0.5) is 0 Å². The fourth-order valence-electron chi connectivity index (χ4n) is 3.29. The molecule has 2 aliphatic carbocycles. The van der Waals surface area contributed by atoms with Gasteiger partial charge >= 0.3 is 0 Å². The quantitative estimate of drug-likeness (QED) is 0.507. The van der Waals surface area contributed by atoms with Gasteiger partial charge in [0, 0.05) is 0 Å². The smallest absolute Gasteiger partial charge is 0.240 e. The molecule has 0 aromatic rings. The molecular formula is C12H22OSi. The monoisotopic (exact) mass is 210 g/mol. The van der Waals surface area contributed by atoms with E-state index in [4.69, 9.17) is 4.43 Å². The van der Waals surface area contributed by atoms with Gasteiger partial charge < -0.3 is 4.43 Å². The van der Waals surface area contributed by atoms with Gasteiger partial charge in [0.2, 0.25) is 9.04 Å². The van der Waals surface area contributed by atoms with Crippen molar-refractivity contribution in [1.29, 1.82) is 0 Å². The van der Waals surface area contributed by atoms with Gasteiger partial charge in [0.25, 0.3) is 0 Å². The fraction of sp³-hybridized carbons (Fsp3) is 0.833. The largest absolute Gasteiger partial charge is 0.552 e. The Morgan fingerprint density at radius 1 is 0.929 bits per heavy atom. The molecule has 0 spiro atoms. The van der Waals surface area contributed by atoms with E-state index in [1.165, 1.54) is 51.4 Å². The summed E-state index contributed by atoms with van der Waals surface area (Å²) in [6, 6.07) is 0. The zero-order valence-corrected chi connectivity index (χ0v) is 10.2. The van der Waals surface area contributed by atoms with Crippen molar-refractivity contribution in [3.05, 3.63) is 12.8 Å². The van der Waals surface area contributed by atoms with Crippen molar-refractivity contribution in [3.63, 3.8) is 0 Å². The third-order valence-corrected chi connectivity index (χ3v) is 7.68. The molecule has 0 amide bonds. The molecule has 0 aromatic heterocycles. The van der Waals surface area contributed by atoms with Gasteiger partial charge in [-0.3, -0.25) is 0 Å². The summed E-state index contributed by atoms with van der Waals surface area (Å²) in [6.45, 7) is 3.76. The highest BCUT2D eigenvalue weighted by molar-refractivity contribution is 6.55. The highest BCUT2D eigenvalue weighted by Crippen LogP contribution is 2.43. The minimum Gasteiger partial charge on any atom is -0.552 e. The van der Waals surface area contributed by atoms with Gasteiger partial charge in [0.05, 0.1) is 6.26 Å². The second kappa shape index (κ2) is 5.01. The van der Waals surface area contributed by atoms with E-state index in [-0.39, 0.29) is 0 Å². The molecule has 2 rings (SSSR count). The molecule has 0 N–H and O–H groups in total. The van der Waals surface area contributed by atoms with E-state index in [1.54, 1.807) is 6.26 Å². The second-order valence-electron chi connectivity index (χ2n) is 4.86. The first-order chi connectivity index (χ1) is 6.92. The van der Waals surface area contributed by atoms with Gasteiger partial charge in [-0.1, -0.05) is 32.3 Å². The van der Waals surface area contributed by atoms with E-state index < -0.39 is 9.04 Å². The Kier molecular flexibility index (Phi) is 3.68. The van der Waals surface area contributed by atoms with Gasteiger partial charge in [0.15, 0.2) is 0 Å². The topological polar surface area (TPSA) is 9.23 Å². The molecular weight excluding hydrogens is 188 g/mol. The van der Waals surface area contributed by atoms with Gasteiger partial charge in [-0.05, 0) is 36.8 Å². The summed E-state index contributed by atoms with van der Waals surface area (Å²) in [5.74, 6) is 0. The maximum absolute atomic E-state index is 5.91. The van der Waals surface area contributed by atoms with Gasteiger partial charge in [-0.2, -0.15) is 0 Å². The van der Waals surface area contributed by atoms with E-state index in [0.717, 1.165) is 11.1 Å². The van der Waals surface area contributed by atoms with Crippen LogP contribution < -0.4 is 0 Å². The van der Waals surface area contributed by atoms with Crippen LogP contribution in [0.5, 0.6) is 0 Å². The van der Waals surface area contributed by atoms with Gasteiger partial charge in [0.1, 0.15) is 0 Å². The molecule has 2 fully saturated rings. The van der Waals surface area contributed by atoms with Crippen LogP contribution in [0.25, 0.3) is 0 Å². The van der Waals surface area contributed by atoms with E-state index in [2.05, 4.69) is 6.58 Å². The summed E-state index contributed by atoms with van der Waals surface area (Å²) in [4.78, 5) is 0. The van der Waals surface area contributed by atoms with Crippen LogP contribution in [0.1, 0.15) is 51.4 Å². The van der Waals surface area contributed by atoms with Crippen molar-refractivity contribution in [3.8, 4) is 0 Å². The Hall–Kier alpha value is -0.243. The molecule has 0 aromatic carbocycles. The maximum atomic E-state index is 5.91. The first-order valence-electron chi connectivity index (χ1n) is 6.18. The lowest BCUT2D eigenvalue weighted by Crippen LogP contribution is -2.26. The summed E-state index contributed by atoms with van der Waals surface area (Å²) in [5, 5.41) is 0. The molecule has 0 heterocycles. The van der Waals surface area contributed by atoms with Gasteiger partial charge in [-0.25, -0.2) is 0 Å². The number of rotatable bonds is 4. The Morgan fingerprint density at radius 3 is 1.71 bits per heavy atom. The minimum atomic E-state index is -0.957. The highest BCUT2D eigenvalue weighted by atomic mass is 28.3. The van der Waals surface area contributed by atoms with Crippen molar-refractivity contribution in [1.82, 2.24) is 0 Å². The molecule has 0 saturated heterocycles. The molecule has 2 aliphatic rings. The summed E-state index contributed by atoms with van der Waals surface area (Å²) in [7, 11) is -0.957. The third kappa shape index (κ3) is 2.22. The summed E-state index contributed by atoms with van der Waals surface area (Å²) in [5.41, 5.74) is 1.94. The van der Waals surface area contributed by atoms with Crippen LogP contribution in [0.3, 0.4) is 0 Å². The SMILES string of the molecule is C=CO[SiH](C1CCCC1)C1CCCC1. The summed E-state index contributed by atoms with van der Waals surface area (Å²) >= 11 is 0. The lowest BCUT2D eigenvalue weighted by atomic mass is 10.3. The Morgan fingerprint density at radius 2 is 1.36 bits per heavy atom. The average Bonchev–Trinajstić information content (AvgIpc) is 2.87. The molecule has 14 heavy (non-hydrogen) atoms. The lowest BCUT2D eigenvalue weighted by molar-refractivity contribution is 0.451. The average molecular weight is 210 g/mol. The van der Waals surface area contributed by atoms with Crippen molar-refractivity contribution >= 4 is 9.04 Å². The molecule has 80 valence electrons. The predicted molar refractivity (Wildman–Crippen MR) is 62.9 cm³/mol. The summed E-state index contributed by atoms with van der Waals surface area (Å²) < 4.78 is 5.91. The molecule has 0 aliphatic heterocycles. The lowest BCUT2D eigenvalue weighted by Gasteiger charge is -2.26. The van der Waals surface area contributed by atoms with Crippen molar-refractivity contribution in [2.75, 3.05) is 0 Å². The van der Waals surface area contributed by atoms with E-state index in [1.807, 2.05) is 0 Å². The Bertz CT molecular complexity index is 165. The third-order valence-electron chi connectivity index (χ3n) is 3.98. The van der Waals surface area contributed by atoms with Crippen LogP contribution in [0, 0.1) is 0 Å². The zero-order chi connectivity index (χ0) is 9.80. The van der Waals surface area contributed by atoms with Crippen molar-refractivity contribution < 1.29 is 4.43 Å². The van der Waals surface area contributed by atoms with Crippen LogP contribution in [-0.2, 0) is 4.43 Å². The summed E-state index contributed by atoms with van der Waals surface area (Å²) in [6.07, 6.45) is 13.3. The molecule has 0 bridgehead atoms.